The molecule has 0 aliphatic rings. The first-order valence-electron chi connectivity index (χ1n) is 8.82. The van der Waals surface area contributed by atoms with Gasteiger partial charge in [-0.1, -0.05) is 24.3 Å². The second kappa shape index (κ2) is 6.99. The summed E-state index contributed by atoms with van der Waals surface area (Å²) in [6.45, 7) is 0. The van der Waals surface area contributed by atoms with Gasteiger partial charge in [-0.25, -0.2) is 14.1 Å². The number of hydrogen-bond donors (Lipinski definition) is 2. The minimum atomic E-state index is -0.375. The number of halogens is 1. The van der Waals surface area contributed by atoms with Crippen LogP contribution >= 0.6 is 11.3 Å². The molecule has 0 spiro atoms. The number of rotatable bonds is 4. The summed E-state index contributed by atoms with van der Waals surface area (Å²) in [6, 6.07) is 15.6. The molecule has 2 aromatic carbocycles. The van der Waals surface area contributed by atoms with Gasteiger partial charge in [-0.2, -0.15) is 5.10 Å². The van der Waals surface area contributed by atoms with Crippen LogP contribution in [0.1, 0.15) is 10.5 Å². The van der Waals surface area contributed by atoms with Crippen molar-refractivity contribution in [2.24, 2.45) is 0 Å². The molecule has 2 N–H and O–H groups in total. The van der Waals surface area contributed by atoms with Gasteiger partial charge in [0.2, 0.25) is 0 Å². The number of carbonyl (C=O) groups excluding carboxylic acids is 1. The van der Waals surface area contributed by atoms with Gasteiger partial charge in [-0.3, -0.25) is 10.1 Å². The van der Waals surface area contributed by atoms with E-state index in [1.807, 2.05) is 35.8 Å². The lowest BCUT2D eigenvalue weighted by Gasteiger charge is -2.01. The topological polar surface area (TPSA) is 75.6 Å². The summed E-state index contributed by atoms with van der Waals surface area (Å²) < 4.78 is 14.8. The molecule has 3 heterocycles. The minimum absolute atomic E-state index is 0.220. The summed E-state index contributed by atoms with van der Waals surface area (Å²) in [4.78, 5) is 20.3. The standard InChI is InChI=1S/C21H14FN5OS/c22-13-4-3-5-14(10-13)27-9-8-18(26-27)20(28)25-21-24-19(12-29-21)16-11-23-17-7-2-1-6-15(16)17/h1-12,23H,(H,24,25,28). The maximum atomic E-state index is 13.4. The normalized spacial score (nSPS) is 11.1. The van der Waals surface area contributed by atoms with Crippen molar-refractivity contribution in [3.8, 4) is 16.9 Å². The summed E-state index contributed by atoms with van der Waals surface area (Å²) in [5.41, 5.74) is 3.56. The van der Waals surface area contributed by atoms with Gasteiger partial charge in [0.15, 0.2) is 10.8 Å². The van der Waals surface area contributed by atoms with Gasteiger partial charge in [-0.05, 0) is 30.3 Å². The van der Waals surface area contributed by atoms with Gasteiger partial charge in [-0.15, -0.1) is 11.3 Å². The molecule has 29 heavy (non-hydrogen) atoms. The van der Waals surface area contributed by atoms with Crippen LogP contribution in [0.4, 0.5) is 9.52 Å². The number of thiazole rings is 1. The molecule has 5 aromatic rings. The number of aromatic amines is 1. The molecule has 1 amide bonds. The quantitative estimate of drug-likeness (QED) is 0.450. The number of hydrogen-bond acceptors (Lipinski definition) is 4. The van der Waals surface area contributed by atoms with Crippen molar-refractivity contribution in [2.75, 3.05) is 5.32 Å². The molecule has 0 radical (unpaired) electrons. The number of fused-ring (bicyclic) bond motifs is 1. The molecule has 0 saturated carbocycles. The second-order valence-corrected chi connectivity index (χ2v) is 7.22. The lowest BCUT2D eigenvalue weighted by Crippen LogP contribution is -2.13. The predicted octanol–water partition coefficient (Wildman–Crippen LogP) is 4.87. The molecule has 0 atom stereocenters. The highest BCUT2D eigenvalue weighted by atomic mass is 32.1. The number of carbonyl (C=O) groups is 1. The van der Waals surface area contributed by atoms with Crippen LogP contribution < -0.4 is 5.32 Å². The van der Waals surface area contributed by atoms with Crippen LogP contribution in [0.15, 0.2) is 72.4 Å². The average Bonchev–Trinajstić information content (AvgIpc) is 3.47. The molecule has 142 valence electrons. The predicted molar refractivity (Wildman–Crippen MR) is 111 cm³/mol. The average molecular weight is 403 g/mol. The molecule has 8 heteroatoms. The van der Waals surface area contributed by atoms with Crippen molar-refractivity contribution in [2.45, 2.75) is 0 Å². The van der Waals surface area contributed by atoms with Gasteiger partial charge in [0.05, 0.1) is 11.4 Å². The molecule has 0 unspecified atom stereocenters. The van der Waals surface area contributed by atoms with E-state index < -0.39 is 0 Å². The fraction of sp³-hybridized carbons (Fsp3) is 0. The van der Waals surface area contributed by atoms with Crippen LogP contribution in [0.3, 0.4) is 0 Å². The highest BCUT2D eigenvalue weighted by Gasteiger charge is 2.14. The van der Waals surface area contributed by atoms with E-state index in [2.05, 4.69) is 20.4 Å². The zero-order chi connectivity index (χ0) is 19.8. The second-order valence-electron chi connectivity index (χ2n) is 6.37. The molecule has 5 rings (SSSR count). The zero-order valence-electron chi connectivity index (χ0n) is 15.0. The molecule has 0 bridgehead atoms. The Kier molecular flexibility index (Phi) is 4.18. The molecule has 0 fully saturated rings. The largest absolute Gasteiger partial charge is 0.360 e. The Balaban J connectivity index is 1.36. The summed E-state index contributed by atoms with van der Waals surface area (Å²) in [5.74, 6) is -0.739. The smallest absolute Gasteiger partial charge is 0.277 e. The number of amides is 1. The third-order valence-electron chi connectivity index (χ3n) is 4.48. The van der Waals surface area contributed by atoms with Gasteiger partial charge in [0, 0.05) is 34.2 Å². The van der Waals surface area contributed by atoms with E-state index in [0.717, 1.165) is 22.2 Å². The minimum Gasteiger partial charge on any atom is -0.360 e. The van der Waals surface area contributed by atoms with Crippen LogP contribution in [-0.2, 0) is 0 Å². The summed E-state index contributed by atoms with van der Waals surface area (Å²) in [6.07, 6.45) is 3.52. The first kappa shape index (κ1) is 17.3. The summed E-state index contributed by atoms with van der Waals surface area (Å²) >= 11 is 1.34. The lowest BCUT2D eigenvalue weighted by atomic mass is 10.1. The lowest BCUT2D eigenvalue weighted by molar-refractivity contribution is 0.102. The molecule has 3 aromatic heterocycles. The third-order valence-corrected chi connectivity index (χ3v) is 5.24. The number of aromatic nitrogens is 4. The number of para-hydroxylation sites is 1. The van der Waals surface area contributed by atoms with E-state index in [1.54, 1.807) is 24.4 Å². The number of benzene rings is 2. The number of H-pyrrole nitrogens is 1. The Labute approximate surface area is 168 Å². The van der Waals surface area contributed by atoms with Crippen molar-refractivity contribution < 1.29 is 9.18 Å². The first-order chi connectivity index (χ1) is 14.2. The zero-order valence-corrected chi connectivity index (χ0v) is 15.8. The van der Waals surface area contributed by atoms with Crippen LogP contribution in [0.25, 0.3) is 27.8 Å². The van der Waals surface area contributed by atoms with Gasteiger partial charge < -0.3 is 4.98 Å². The maximum absolute atomic E-state index is 13.4. The molecular formula is C21H14FN5OS. The van der Waals surface area contributed by atoms with Crippen molar-refractivity contribution in [1.29, 1.82) is 0 Å². The van der Waals surface area contributed by atoms with Gasteiger partial charge in [0.25, 0.3) is 5.91 Å². The van der Waals surface area contributed by atoms with E-state index in [4.69, 9.17) is 0 Å². The fourth-order valence-corrected chi connectivity index (χ4v) is 3.81. The first-order valence-corrected chi connectivity index (χ1v) is 9.70. The van der Waals surface area contributed by atoms with Crippen LogP contribution in [0.5, 0.6) is 0 Å². The fourth-order valence-electron chi connectivity index (χ4n) is 3.11. The summed E-state index contributed by atoms with van der Waals surface area (Å²) in [7, 11) is 0. The van der Waals surface area contributed by atoms with Crippen molar-refractivity contribution in [3.63, 3.8) is 0 Å². The highest BCUT2D eigenvalue weighted by Crippen LogP contribution is 2.31. The molecule has 6 nitrogen and oxygen atoms in total. The molecule has 0 aliphatic carbocycles. The monoisotopic (exact) mass is 403 g/mol. The molecule has 0 saturated heterocycles. The Morgan fingerprint density at radius 1 is 1.14 bits per heavy atom. The van der Waals surface area contributed by atoms with Crippen molar-refractivity contribution in [1.82, 2.24) is 19.7 Å². The van der Waals surface area contributed by atoms with E-state index >= 15 is 0 Å². The maximum Gasteiger partial charge on any atom is 0.277 e. The van der Waals surface area contributed by atoms with E-state index in [0.29, 0.717) is 10.8 Å². The van der Waals surface area contributed by atoms with Gasteiger partial charge in [0.1, 0.15) is 5.82 Å². The SMILES string of the molecule is O=C(Nc1nc(-c2c[nH]c3ccccc23)cs1)c1ccn(-c2cccc(F)c2)n1. The highest BCUT2D eigenvalue weighted by molar-refractivity contribution is 7.14. The van der Waals surface area contributed by atoms with E-state index in [9.17, 15) is 9.18 Å². The Morgan fingerprint density at radius 2 is 2.03 bits per heavy atom. The Hall–Kier alpha value is -3.78. The van der Waals surface area contributed by atoms with Gasteiger partial charge >= 0.3 is 0 Å². The van der Waals surface area contributed by atoms with E-state index in [1.165, 1.54) is 28.2 Å². The summed E-state index contributed by atoms with van der Waals surface area (Å²) in [5, 5.41) is 10.5. The van der Waals surface area contributed by atoms with E-state index in [-0.39, 0.29) is 17.4 Å². The third kappa shape index (κ3) is 3.30. The number of anilines is 1. The number of nitrogens with zero attached hydrogens (tertiary/aromatic N) is 3. The van der Waals surface area contributed by atoms with Crippen LogP contribution in [0, 0.1) is 5.82 Å². The number of nitrogens with one attached hydrogen (secondary N) is 2. The van der Waals surface area contributed by atoms with Crippen molar-refractivity contribution >= 4 is 33.3 Å². The molecule has 0 aliphatic heterocycles. The van der Waals surface area contributed by atoms with Crippen LogP contribution in [-0.4, -0.2) is 25.7 Å². The Bertz CT molecular complexity index is 1340. The molecular weight excluding hydrogens is 389 g/mol. The van der Waals surface area contributed by atoms with Crippen molar-refractivity contribution in [3.05, 3.63) is 83.9 Å². The van der Waals surface area contributed by atoms with Crippen LogP contribution in [0.2, 0.25) is 0 Å². The Morgan fingerprint density at radius 3 is 2.93 bits per heavy atom.